The van der Waals surface area contributed by atoms with E-state index in [0.717, 1.165) is 29.6 Å². The Morgan fingerprint density at radius 2 is 2.21 bits per heavy atom. The number of nitrogens with zero attached hydrogens (tertiary/aromatic N) is 2. The maximum atomic E-state index is 5.33. The summed E-state index contributed by atoms with van der Waals surface area (Å²) < 4.78 is 9.73. The first-order chi connectivity index (χ1) is 8.95. The molecule has 2 aromatic heterocycles. The summed E-state index contributed by atoms with van der Waals surface area (Å²) in [5.41, 5.74) is 0.00777. The van der Waals surface area contributed by atoms with Crippen molar-refractivity contribution in [3.63, 3.8) is 0 Å². The van der Waals surface area contributed by atoms with Crippen LogP contribution >= 0.6 is 11.5 Å². The van der Waals surface area contributed by atoms with E-state index in [2.05, 4.69) is 42.4 Å². The van der Waals surface area contributed by atoms with Crippen LogP contribution in [0.15, 0.2) is 22.8 Å². The third kappa shape index (κ3) is 4.06. The fourth-order valence-corrected chi connectivity index (χ4v) is 2.55. The van der Waals surface area contributed by atoms with Crippen molar-refractivity contribution in [2.24, 2.45) is 0 Å². The van der Waals surface area contributed by atoms with Crippen LogP contribution < -0.4 is 5.32 Å². The lowest BCUT2D eigenvalue weighted by molar-refractivity contribution is 0.495. The Morgan fingerprint density at radius 3 is 2.79 bits per heavy atom. The molecular weight excluding hydrogens is 258 g/mol. The van der Waals surface area contributed by atoms with Gasteiger partial charge in [-0.1, -0.05) is 20.8 Å². The summed E-state index contributed by atoms with van der Waals surface area (Å²) in [5, 5.41) is 4.30. The molecule has 0 fully saturated rings. The number of aryl methyl sites for hydroxylation is 1. The molecule has 0 spiro atoms. The number of furan rings is 1. The fourth-order valence-electron chi connectivity index (χ4n) is 1.68. The molecule has 0 aliphatic carbocycles. The van der Waals surface area contributed by atoms with Gasteiger partial charge >= 0.3 is 0 Å². The highest BCUT2D eigenvalue weighted by Gasteiger charge is 2.19. The van der Waals surface area contributed by atoms with Crippen molar-refractivity contribution in [3.05, 3.63) is 30.0 Å². The Bertz CT molecular complexity index is 499. The van der Waals surface area contributed by atoms with E-state index in [1.165, 1.54) is 11.5 Å². The second kappa shape index (κ2) is 5.74. The largest absolute Gasteiger partial charge is 0.469 e. The maximum Gasteiger partial charge on any atom is 0.202 e. The molecule has 104 valence electrons. The first-order valence-electron chi connectivity index (χ1n) is 6.58. The molecule has 0 aliphatic rings. The second-order valence-corrected chi connectivity index (χ2v) is 6.59. The summed E-state index contributed by atoms with van der Waals surface area (Å²) in [5.74, 6) is 1.93. The van der Waals surface area contributed by atoms with E-state index in [9.17, 15) is 0 Å². The van der Waals surface area contributed by atoms with Crippen LogP contribution in [0.1, 0.15) is 45.7 Å². The van der Waals surface area contributed by atoms with Crippen molar-refractivity contribution in [1.82, 2.24) is 9.36 Å². The summed E-state index contributed by atoms with van der Waals surface area (Å²) in [6.45, 7) is 8.53. The Balaban J connectivity index is 1.85. The van der Waals surface area contributed by atoms with Crippen LogP contribution in [0.2, 0.25) is 0 Å². The van der Waals surface area contributed by atoms with Crippen LogP contribution in [0.4, 0.5) is 5.13 Å². The van der Waals surface area contributed by atoms with Crippen molar-refractivity contribution < 1.29 is 4.42 Å². The molecule has 0 amide bonds. The summed E-state index contributed by atoms with van der Waals surface area (Å²) in [4.78, 5) is 4.54. The number of aromatic nitrogens is 2. The van der Waals surface area contributed by atoms with Gasteiger partial charge in [0, 0.05) is 29.4 Å². The predicted molar refractivity (Wildman–Crippen MR) is 78.7 cm³/mol. The van der Waals surface area contributed by atoms with Gasteiger partial charge in [0.2, 0.25) is 5.13 Å². The fraction of sp³-hybridized carbons (Fsp3) is 0.571. The summed E-state index contributed by atoms with van der Waals surface area (Å²) >= 11 is 1.43. The molecule has 1 unspecified atom stereocenters. The molecule has 4 nitrogen and oxygen atoms in total. The summed E-state index contributed by atoms with van der Waals surface area (Å²) in [7, 11) is 0. The summed E-state index contributed by atoms with van der Waals surface area (Å²) in [6, 6.07) is 4.29. The molecule has 0 saturated carbocycles. The average molecular weight is 279 g/mol. The third-order valence-corrected chi connectivity index (χ3v) is 3.52. The van der Waals surface area contributed by atoms with Gasteiger partial charge < -0.3 is 9.73 Å². The Kier molecular flexibility index (Phi) is 4.24. The van der Waals surface area contributed by atoms with Crippen molar-refractivity contribution >= 4 is 16.7 Å². The van der Waals surface area contributed by atoms with Gasteiger partial charge in [0.1, 0.15) is 11.6 Å². The zero-order chi connectivity index (χ0) is 13.9. The molecule has 0 saturated heterocycles. The number of anilines is 1. The lowest BCUT2D eigenvalue weighted by Gasteiger charge is -2.13. The maximum absolute atomic E-state index is 5.33. The highest BCUT2D eigenvalue weighted by molar-refractivity contribution is 7.09. The van der Waals surface area contributed by atoms with E-state index >= 15 is 0 Å². The minimum Gasteiger partial charge on any atom is -0.469 e. The molecule has 5 heteroatoms. The van der Waals surface area contributed by atoms with Crippen LogP contribution in [0.3, 0.4) is 0 Å². The standard InChI is InChI=1S/C14H21N3OS/c1-10(7-8-11-6-5-9-18-11)15-13-16-12(17-19-13)14(2,3)4/h5-6,9-10H,7-8H2,1-4H3,(H,15,16,17). The first-order valence-corrected chi connectivity index (χ1v) is 7.35. The van der Waals surface area contributed by atoms with Crippen LogP contribution in [0.25, 0.3) is 0 Å². The van der Waals surface area contributed by atoms with Gasteiger partial charge in [0.25, 0.3) is 0 Å². The van der Waals surface area contributed by atoms with E-state index < -0.39 is 0 Å². The molecule has 0 aliphatic heterocycles. The van der Waals surface area contributed by atoms with Gasteiger partial charge in [-0.2, -0.15) is 4.37 Å². The number of hydrogen-bond acceptors (Lipinski definition) is 5. The Morgan fingerprint density at radius 1 is 1.42 bits per heavy atom. The highest BCUT2D eigenvalue weighted by atomic mass is 32.1. The van der Waals surface area contributed by atoms with Gasteiger partial charge in [0.15, 0.2) is 0 Å². The lowest BCUT2D eigenvalue weighted by Crippen LogP contribution is -2.17. The quantitative estimate of drug-likeness (QED) is 0.903. The van der Waals surface area contributed by atoms with E-state index in [4.69, 9.17) is 4.42 Å². The van der Waals surface area contributed by atoms with Gasteiger partial charge in [0.05, 0.1) is 6.26 Å². The molecule has 0 radical (unpaired) electrons. The SMILES string of the molecule is CC(CCc1ccco1)Nc1nc(C(C)(C)C)ns1. The molecule has 1 N–H and O–H groups in total. The molecule has 0 aromatic carbocycles. The molecular formula is C14H21N3OS. The smallest absolute Gasteiger partial charge is 0.202 e. The van der Waals surface area contributed by atoms with E-state index in [0.29, 0.717) is 6.04 Å². The number of nitrogens with one attached hydrogen (secondary N) is 1. The Hall–Kier alpha value is -1.36. The van der Waals surface area contributed by atoms with E-state index in [1.54, 1.807) is 6.26 Å². The molecule has 2 heterocycles. The average Bonchev–Trinajstić information content (AvgIpc) is 2.95. The molecule has 2 aromatic rings. The minimum absolute atomic E-state index is 0.00777. The first kappa shape index (κ1) is 14.1. The van der Waals surface area contributed by atoms with Crippen molar-refractivity contribution in [2.75, 3.05) is 5.32 Å². The third-order valence-electron chi connectivity index (χ3n) is 2.87. The number of hydrogen-bond donors (Lipinski definition) is 1. The zero-order valence-electron chi connectivity index (χ0n) is 11.9. The van der Waals surface area contributed by atoms with Crippen molar-refractivity contribution in [3.8, 4) is 0 Å². The van der Waals surface area contributed by atoms with Crippen LogP contribution in [-0.2, 0) is 11.8 Å². The normalized spacial score (nSPS) is 13.5. The predicted octanol–water partition coefficient (Wildman–Crippen LogP) is 3.86. The van der Waals surface area contributed by atoms with Crippen LogP contribution in [0.5, 0.6) is 0 Å². The molecule has 19 heavy (non-hydrogen) atoms. The van der Waals surface area contributed by atoms with Crippen LogP contribution in [0, 0.1) is 0 Å². The van der Waals surface area contributed by atoms with E-state index in [-0.39, 0.29) is 5.41 Å². The van der Waals surface area contributed by atoms with E-state index in [1.807, 2.05) is 12.1 Å². The van der Waals surface area contributed by atoms with Gasteiger partial charge in [-0.25, -0.2) is 4.98 Å². The van der Waals surface area contributed by atoms with Crippen molar-refractivity contribution in [2.45, 2.75) is 52.0 Å². The monoisotopic (exact) mass is 279 g/mol. The molecule has 0 bridgehead atoms. The lowest BCUT2D eigenvalue weighted by atomic mass is 9.96. The minimum atomic E-state index is 0.00777. The zero-order valence-corrected chi connectivity index (χ0v) is 12.8. The summed E-state index contributed by atoms with van der Waals surface area (Å²) in [6.07, 6.45) is 3.66. The number of rotatable bonds is 5. The van der Waals surface area contributed by atoms with Gasteiger partial charge in [-0.05, 0) is 25.5 Å². The van der Waals surface area contributed by atoms with Gasteiger partial charge in [-0.3, -0.25) is 0 Å². The Labute approximate surface area is 118 Å². The van der Waals surface area contributed by atoms with Gasteiger partial charge in [-0.15, -0.1) is 0 Å². The topological polar surface area (TPSA) is 51.0 Å². The second-order valence-electron chi connectivity index (χ2n) is 5.84. The highest BCUT2D eigenvalue weighted by Crippen LogP contribution is 2.23. The van der Waals surface area contributed by atoms with Crippen LogP contribution in [-0.4, -0.2) is 15.4 Å². The molecule has 2 rings (SSSR count). The molecule has 1 atom stereocenters. The van der Waals surface area contributed by atoms with Crippen molar-refractivity contribution in [1.29, 1.82) is 0 Å².